The molecule has 1 atom stereocenters. The highest BCUT2D eigenvalue weighted by molar-refractivity contribution is 7.79. The Morgan fingerprint density at radius 1 is 0.548 bits per heavy atom. The van der Waals surface area contributed by atoms with E-state index in [-0.39, 0.29) is 0 Å². The van der Waals surface area contributed by atoms with Crippen molar-refractivity contribution in [1.82, 2.24) is 0 Å². The molecule has 0 saturated carbocycles. The van der Waals surface area contributed by atoms with E-state index in [1.54, 1.807) is 0 Å². The molecule has 0 fully saturated rings. The summed E-state index contributed by atoms with van der Waals surface area (Å²) < 4.78 is 13.6. The molecule has 148 valence electrons. The summed E-state index contributed by atoms with van der Waals surface area (Å²) in [6.45, 7) is 1.89. The molecule has 0 bridgehead atoms. The van der Waals surface area contributed by atoms with Gasteiger partial charge in [0.2, 0.25) is 0 Å². The Hall–Kier alpha value is -3.41. The van der Waals surface area contributed by atoms with Crippen molar-refractivity contribution in [3.8, 4) is 33.4 Å². The van der Waals surface area contributed by atoms with Crippen LogP contribution in [0.1, 0.15) is 0 Å². The van der Waals surface area contributed by atoms with Gasteiger partial charge < -0.3 is 4.57 Å². The molecule has 0 spiro atoms. The number of benzene rings is 5. The monoisotopic (exact) mass is 416 g/mol. The fourth-order valence-electron chi connectivity index (χ4n) is 4.92. The number of hydrogen-bond donors (Lipinski definition) is 0. The molecule has 0 radical (unpaired) electrons. The van der Waals surface area contributed by atoms with Crippen molar-refractivity contribution in [2.24, 2.45) is 0 Å². The van der Waals surface area contributed by atoms with Crippen LogP contribution in [0.5, 0.6) is 0 Å². The van der Waals surface area contributed by atoms with Gasteiger partial charge in [-0.15, -0.1) is 0 Å². The van der Waals surface area contributed by atoms with E-state index in [0.29, 0.717) is 0 Å². The van der Waals surface area contributed by atoms with Crippen LogP contribution >= 0.6 is 7.14 Å². The molecule has 0 N–H and O–H groups in total. The molecule has 5 aromatic rings. The molecule has 1 aliphatic heterocycles. The molecule has 1 nitrogen and oxygen atoms in total. The van der Waals surface area contributed by atoms with E-state index in [4.69, 9.17) is 0 Å². The van der Waals surface area contributed by atoms with Crippen molar-refractivity contribution in [3.05, 3.63) is 109 Å². The molecular formula is C29H21OP. The Morgan fingerprint density at radius 2 is 1.26 bits per heavy atom. The average Bonchev–Trinajstić information content (AvgIpc) is 3.05. The van der Waals surface area contributed by atoms with Gasteiger partial charge in [-0.05, 0) is 63.0 Å². The Labute approximate surface area is 182 Å². The van der Waals surface area contributed by atoms with Crippen molar-refractivity contribution < 1.29 is 4.57 Å². The zero-order chi connectivity index (χ0) is 21.0. The van der Waals surface area contributed by atoms with Crippen LogP contribution in [0.25, 0.3) is 44.2 Å². The lowest BCUT2D eigenvalue weighted by Crippen LogP contribution is -2.07. The summed E-state index contributed by atoms with van der Waals surface area (Å²) in [6, 6.07) is 38.1. The highest BCUT2D eigenvalue weighted by atomic mass is 31.2. The van der Waals surface area contributed by atoms with Gasteiger partial charge in [-0.25, -0.2) is 0 Å². The molecule has 0 aromatic heterocycles. The first-order valence-corrected chi connectivity index (χ1v) is 12.7. The lowest BCUT2D eigenvalue weighted by Gasteiger charge is -2.15. The van der Waals surface area contributed by atoms with E-state index >= 15 is 0 Å². The molecule has 1 unspecified atom stereocenters. The van der Waals surface area contributed by atoms with Crippen LogP contribution in [0.3, 0.4) is 0 Å². The van der Waals surface area contributed by atoms with Gasteiger partial charge in [-0.3, -0.25) is 0 Å². The topological polar surface area (TPSA) is 17.1 Å². The fourth-order valence-corrected chi connectivity index (χ4v) is 7.21. The maximum atomic E-state index is 13.6. The quantitative estimate of drug-likeness (QED) is 0.281. The Balaban J connectivity index is 1.65. The van der Waals surface area contributed by atoms with Crippen LogP contribution in [-0.4, -0.2) is 6.66 Å². The molecule has 0 saturated heterocycles. The molecule has 6 rings (SSSR count). The molecule has 31 heavy (non-hydrogen) atoms. The van der Waals surface area contributed by atoms with E-state index in [1.807, 2.05) is 24.9 Å². The van der Waals surface area contributed by atoms with Crippen molar-refractivity contribution in [2.45, 2.75) is 0 Å². The van der Waals surface area contributed by atoms with Crippen LogP contribution < -0.4 is 10.6 Å². The third kappa shape index (κ3) is 2.74. The first-order chi connectivity index (χ1) is 15.1. The predicted octanol–water partition coefficient (Wildman–Crippen LogP) is 7.10. The molecular weight excluding hydrogens is 395 g/mol. The average molecular weight is 416 g/mol. The molecule has 1 heterocycles. The summed E-state index contributed by atoms with van der Waals surface area (Å²) in [5.74, 6) is 0. The maximum Gasteiger partial charge on any atom is 0.141 e. The minimum Gasteiger partial charge on any atom is -0.314 e. The number of hydrogen-bond acceptors (Lipinski definition) is 1. The summed E-state index contributed by atoms with van der Waals surface area (Å²) in [7, 11) is -2.54. The highest BCUT2D eigenvalue weighted by Crippen LogP contribution is 2.51. The SMILES string of the molecule is CP1(=O)c2ccccc2-c2cc(-c3ccc4ccccc4c3-c3ccccc3)ccc21. The van der Waals surface area contributed by atoms with E-state index in [9.17, 15) is 4.57 Å². The highest BCUT2D eigenvalue weighted by Gasteiger charge is 2.34. The molecule has 1 aliphatic rings. The van der Waals surface area contributed by atoms with E-state index < -0.39 is 7.14 Å². The summed E-state index contributed by atoms with van der Waals surface area (Å²) in [5, 5.41) is 4.42. The third-order valence-electron chi connectivity index (χ3n) is 6.41. The van der Waals surface area contributed by atoms with Crippen LogP contribution in [0.15, 0.2) is 109 Å². The van der Waals surface area contributed by atoms with Gasteiger partial charge in [0.1, 0.15) is 7.14 Å². The Kier molecular flexibility index (Phi) is 4.03. The lowest BCUT2D eigenvalue weighted by atomic mass is 9.89. The van der Waals surface area contributed by atoms with Crippen LogP contribution in [0.4, 0.5) is 0 Å². The smallest absolute Gasteiger partial charge is 0.141 e. The minimum atomic E-state index is -2.54. The van der Waals surface area contributed by atoms with Crippen molar-refractivity contribution in [2.75, 3.05) is 6.66 Å². The van der Waals surface area contributed by atoms with Gasteiger partial charge in [-0.2, -0.15) is 0 Å². The third-order valence-corrected chi connectivity index (χ3v) is 9.03. The normalized spacial score (nSPS) is 16.8. The first-order valence-electron chi connectivity index (χ1n) is 10.5. The van der Waals surface area contributed by atoms with Gasteiger partial charge in [-0.1, -0.05) is 97.1 Å². The van der Waals surface area contributed by atoms with Crippen molar-refractivity contribution in [1.29, 1.82) is 0 Å². The first kappa shape index (κ1) is 18.4. The fraction of sp³-hybridized carbons (Fsp3) is 0.0345. The standard InChI is InChI=1S/C29H21OP/c1-31(30)27-14-8-7-13-25(27)26-19-22(16-18-28(26)31)24-17-15-20-9-5-6-12-23(20)29(24)21-10-3-2-4-11-21/h2-19H,1H3. The number of rotatable bonds is 2. The Morgan fingerprint density at radius 3 is 2.13 bits per heavy atom. The molecule has 5 aromatic carbocycles. The zero-order valence-corrected chi connectivity index (χ0v) is 18.1. The van der Waals surface area contributed by atoms with Crippen molar-refractivity contribution >= 4 is 28.5 Å². The van der Waals surface area contributed by atoms with Crippen LogP contribution in [-0.2, 0) is 4.57 Å². The van der Waals surface area contributed by atoms with E-state index in [1.165, 1.54) is 27.5 Å². The van der Waals surface area contributed by atoms with Gasteiger partial charge in [0.15, 0.2) is 0 Å². The van der Waals surface area contributed by atoms with E-state index in [2.05, 4.69) is 91.0 Å². The molecule has 0 aliphatic carbocycles. The minimum absolute atomic E-state index is 0.972. The number of fused-ring (bicyclic) bond motifs is 4. The van der Waals surface area contributed by atoms with Crippen molar-refractivity contribution in [3.63, 3.8) is 0 Å². The predicted molar refractivity (Wildman–Crippen MR) is 133 cm³/mol. The van der Waals surface area contributed by atoms with Gasteiger partial charge >= 0.3 is 0 Å². The van der Waals surface area contributed by atoms with Crippen LogP contribution in [0, 0.1) is 0 Å². The lowest BCUT2D eigenvalue weighted by molar-refractivity contribution is 0.591. The second kappa shape index (κ2) is 6.80. The zero-order valence-electron chi connectivity index (χ0n) is 17.2. The Bertz CT molecular complexity index is 1520. The summed E-state index contributed by atoms with van der Waals surface area (Å²) in [5.41, 5.74) is 7.00. The summed E-state index contributed by atoms with van der Waals surface area (Å²) in [6.07, 6.45) is 0. The largest absolute Gasteiger partial charge is 0.314 e. The summed E-state index contributed by atoms with van der Waals surface area (Å²) in [4.78, 5) is 0. The summed E-state index contributed by atoms with van der Waals surface area (Å²) >= 11 is 0. The second-order valence-electron chi connectivity index (χ2n) is 8.25. The maximum absolute atomic E-state index is 13.6. The van der Waals surface area contributed by atoms with Gasteiger partial charge in [0.05, 0.1) is 0 Å². The second-order valence-corrected chi connectivity index (χ2v) is 11.1. The molecule has 0 amide bonds. The molecule has 2 heteroatoms. The van der Waals surface area contributed by atoms with Gasteiger partial charge in [0.25, 0.3) is 0 Å². The van der Waals surface area contributed by atoms with Gasteiger partial charge in [0, 0.05) is 10.6 Å². The van der Waals surface area contributed by atoms with E-state index in [0.717, 1.165) is 27.3 Å². The van der Waals surface area contributed by atoms with Crippen LogP contribution in [0.2, 0.25) is 0 Å².